The van der Waals surface area contributed by atoms with Crippen LogP contribution >= 0.6 is 0 Å². The zero-order valence-corrected chi connectivity index (χ0v) is 7.18. The van der Waals surface area contributed by atoms with Crippen LogP contribution in [0.4, 0.5) is 0 Å². The quantitative estimate of drug-likeness (QED) is 0.758. The molecule has 0 saturated heterocycles. The van der Waals surface area contributed by atoms with E-state index in [0.717, 1.165) is 5.56 Å². The third kappa shape index (κ3) is 1.47. The summed E-state index contributed by atoms with van der Waals surface area (Å²) in [5, 5.41) is 3.69. The first-order valence-corrected chi connectivity index (χ1v) is 3.94. The molecule has 0 saturated carbocycles. The highest BCUT2D eigenvalue weighted by Crippen LogP contribution is 2.16. The van der Waals surface area contributed by atoms with Crippen molar-refractivity contribution in [3.63, 3.8) is 0 Å². The van der Waals surface area contributed by atoms with Gasteiger partial charge in [0.1, 0.15) is 5.69 Å². The minimum atomic E-state index is -0.632. The van der Waals surface area contributed by atoms with Crippen LogP contribution in [0, 0.1) is 0 Å². The number of pyridine rings is 1. The molecular formula is C9H7N3O2. The van der Waals surface area contributed by atoms with Gasteiger partial charge in [-0.25, -0.2) is 0 Å². The van der Waals surface area contributed by atoms with E-state index in [1.54, 1.807) is 18.5 Å². The summed E-state index contributed by atoms with van der Waals surface area (Å²) in [5.74, 6) is -0.587. The number of rotatable bonds is 2. The monoisotopic (exact) mass is 189 g/mol. The van der Waals surface area contributed by atoms with Crippen molar-refractivity contribution in [2.75, 3.05) is 0 Å². The molecule has 0 spiro atoms. The van der Waals surface area contributed by atoms with Gasteiger partial charge in [-0.05, 0) is 12.1 Å². The van der Waals surface area contributed by atoms with Crippen molar-refractivity contribution in [3.8, 4) is 11.3 Å². The van der Waals surface area contributed by atoms with Crippen molar-refractivity contribution >= 4 is 5.91 Å². The predicted octanol–water partition coefficient (Wildman–Crippen LogP) is 0.835. The van der Waals surface area contributed by atoms with Gasteiger partial charge in [0.2, 0.25) is 5.76 Å². The van der Waals surface area contributed by atoms with Crippen LogP contribution in [0.15, 0.2) is 35.1 Å². The summed E-state index contributed by atoms with van der Waals surface area (Å²) >= 11 is 0. The van der Waals surface area contributed by atoms with E-state index in [2.05, 4.69) is 10.1 Å². The van der Waals surface area contributed by atoms with E-state index in [0.29, 0.717) is 5.69 Å². The topological polar surface area (TPSA) is 82.0 Å². The number of primary amides is 1. The van der Waals surface area contributed by atoms with Crippen LogP contribution in [0.25, 0.3) is 11.3 Å². The van der Waals surface area contributed by atoms with Crippen molar-refractivity contribution in [1.29, 1.82) is 0 Å². The van der Waals surface area contributed by atoms with Gasteiger partial charge in [-0.3, -0.25) is 9.78 Å². The van der Waals surface area contributed by atoms with Crippen LogP contribution in [0.5, 0.6) is 0 Å². The lowest BCUT2D eigenvalue weighted by molar-refractivity contribution is 0.0965. The fourth-order valence-electron chi connectivity index (χ4n) is 1.04. The van der Waals surface area contributed by atoms with Gasteiger partial charge in [0.05, 0.1) is 0 Å². The third-order valence-electron chi connectivity index (χ3n) is 1.71. The predicted molar refractivity (Wildman–Crippen MR) is 48.3 cm³/mol. The molecule has 0 aliphatic heterocycles. The van der Waals surface area contributed by atoms with E-state index in [-0.39, 0.29) is 5.76 Å². The lowest BCUT2D eigenvalue weighted by atomic mass is 10.2. The smallest absolute Gasteiger partial charge is 0.287 e. The van der Waals surface area contributed by atoms with Gasteiger partial charge in [0, 0.05) is 24.0 Å². The minimum Gasteiger partial charge on any atom is -0.363 e. The Morgan fingerprint density at radius 1 is 1.50 bits per heavy atom. The molecule has 2 rings (SSSR count). The summed E-state index contributed by atoms with van der Waals surface area (Å²) in [4.78, 5) is 14.6. The van der Waals surface area contributed by atoms with E-state index >= 15 is 0 Å². The average Bonchev–Trinajstić information content (AvgIpc) is 2.68. The normalized spacial score (nSPS) is 10.0. The molecule has 0 unspecified atom stereocenters. The number of nitrogens with two attached hydrogens (primary N) is 1. The van der Waals surface area contributed by atoms with Gasteiger partial charge in [-0.2, -0.15) is 0 Å². The first kappa shape index (κ1) is 8.43. The summed E-state index contributed by atoms with van der Waals surface area (Å²) < 4.78 is 4.73. The first-order valence-electron chi connectivity index (χ1n) is 3.94. The fraction of sp³-hybridized carbons (Fsp3) is 0. The molecule has 2 aromatic rings. The molecule has 2 aromatic heterocycles. The molecule has 1 amide bonds. The van der Waals surface area contributed by atoms with Crippen LogP contribution in [-0.2, 0) is 0 Å². The SMILES string of the molecule is NC(=O)c1cc(-c2cccnc2)no1. The van der Waals surface area contributed by atoms with Gasteiger partial charge >= 0.3 is 0 Å². The standard InChI is InChI=1S/C9H7N3O2/c10-9(13)8-4-7(12-14-8)6-2-1-3-11-5-6/h1-5H,(H2,10,13). The number of hydrogen-bond acceptors (Lipinski definition) is 4. The van der Waals surface area contributed by atoms with Gasteiger partial charge in [0.15, 0.2) is 0 Å². The molecule has 0 bridgehead atoms. The molecule has 0 fully saturated rings. The Kier molecular flexibility index (Phi) is 1.98. The Morgan fingerprint density at radius 2 is 2.36 bits per heavy atom. The fourth-order valence-corrected chi connectivity index (χ4v) is 1.04. The zero-order valence-electron chi connectivity index (χ0n) is 7.18. The molecule has 0 radical (unpaired) electrons. The summed E-state index contributed by atoms with van der Waals surface area (Å²) in [6.45, 7) is 0. The molecule has 0 aromatic carbocycles. The van der Waals surface area contributed by atoms with Crippen LogP contribution in [-0.4, -0.2) is 16.0 Å². The van der Waals surface area contributed by atoms with Gasteiger partial charge in [-0.15, -0.1) is 0 Å². The molecule has 70 valence electrons. The Bertz CT molecular complexity index is 450. The number of nitrogens with zero attached hydrogens (tertiary/aromatic N) is 2. The van der Waals surface area contributed by atoms with Crippen LogP contribution in [0.3, 0.4) is 0 Å². The lowest BCUT2D eigenvalue weighted by Crippen LogP contribution is -2.09. The highest BCUT2D eigenvalue weighted by Gasteiger charge is 2.09. The second kappa shape index (κ2) is 3.29. The number of hydrogen-bond donors (Lipinski definition) is 1. The number of amides is 1. The summed E-state index contributed by atoms with van der Waals surface area (Å²) in [6.07, 6.45) is 3.28. The van der Waals surface area contributed by atoms with E-state index < -0.39 is 5.91 Å². The molecule has 0 aliphatic carbocycles. The Morgan fingerprint density at radius 3 is 2.93 bits per heavy atom. The van der Waals surface area contributed by atoms with E-state index in [1.165, 1.54) is 6.07 Å². The van der Waals surface area contributed by atoms with Crippen molar-refractivity contribution in [2.45, 2.75) is 0 Å². The summed E-state index contributed by atoms with van der Waals surface area (Å²) in [7, 11) is 0. The number of carbonyl (C=O) groups excluding carboxylic acids is 1. The third-order valence-corrected chi connectivity index (χ3v) is 1.71. The second-order valence-electron chi connectivity index (χ2n) is 2.68. The molecular weight excluding hydrogens is 182 g/mol. The zero-order chi connectivity index (χ0) is 9.97. The summed E-state index contributed by atoms with van der Waals surface area (Å²) in [5.41, 5.74) is 6.35. The first-order chi connectivity index (χ1) is 6.77. The molecule has 0 aliphatic rings. The average molecular weight is 189 g/mol. The highest BCUT2D eigenvalue weighted by molar-refractivity contribution is 5.90. The summed E-state index contributed by atoms with van der Waals surface area (Å²) in [6, 6.07) is 5.07. The Hall–Kier alpha value is -2.17. The molecule has 2 N–H and O–H groups in total. The minimum absolute atomic E-state index is 0.0452. The molecule has 5 nitrogen and oxygen atoms in total. The van der Waals surface area contributed by atoms with Gasteiger partial charge in [-0.1, -0.05) is 5.16 Å². The van der Waals surface area contributed by atoms with Crippen molar-refractivity contribution in [2.24, 2.45) is 5.73 Å². The number of carbonyl (C=O) groups is 1. The maximum absolute atomic E-state index is 10.7. The maximum Gasteiger partial charge on any atom is 0.287 e. The molecule has 2 heterocycles. The van der Waals surface area contributed by atoms with E-state index in [9.17, 15) is 4.79 Å². The van der Waals surface area contributed by atoms with Crippen molar-refractivity contribution < 1.29 is 9.32 Å². The van der Waals surface area contributed by atoms with E-state index in [4.69, 9.17) is 10.3 Å². The molecule has 14 heavy (non-hydrogen) atoms. The Labute approximate surface area is 79.5 Å². The lowest BCUT2D eigenvalue weighted by Gasteiger charge is -1.90. The second-order valence-corrected chi connectivity index (χ2v) is 2.68. The largest absolute Gasteiger partial charge is 0.363 e. The maximum atomic E-state index is 10.7. The van der Waals surface area contributed by atoms with Crippen LogP contribution in [0.1, 0.15) is 10.6 Å². The number of aromatic nitrogens is 2. The van der Waals surface area contributed by atoms with Crippen molar-refractivity contribution in [1.82, 2.24) is 10.1 Å². The highest BCUT2D eigenvalue weighted by atomic mass is 16.5. The molecule has 5 heteroatoms. The van der Waals surface area contributed by atoms with Crippen LogP contribution in [0.2, 0.25) is 0 Å². The van der Waals surface area contributed by atoms with Crippen LogP contribution < -0.4 is 5.73 Å². The Balaban J connectivity index is 2.39. The van der Waals surface area contributed by atoms with Gasteiger partial charge in [0.25, 0.3) is 5.91 Å². The molecule has 0 atom stereocenters. The van der Waals surface area contributed by atoms with Gasteiger partial charge < -0.3 is 10.3 Å². The van der Waals surface area contributed by atoms with Crippen molar-refractivity contribution in [3.05, 3.63) is 36.4 Å². The van der Waals surface area contributed by atoms with E-state index in [1.807, 2.05) is 6.07 Å².